The number of imide groups is 1. The average Bonchev–Trinajstić information content (AvgIpc) is 3.09. The van der Waals surface area contributed by atoms with E-state index in [1.165, 1.54) is 0 Å². The minimum Gasteiger partial charge on any atom is -0.368 e. The summed E-state index contributed by atoms with van der Waals surface area (Å²) in [6, 6.07) is 14.0. The SMILES string of the molecule is CC(=O)N1CCN(c2ccccc2CNC(=O)c2ccc(C3(C)NC(=O)NC3=O)cc2)CC1. The molecule has 0 aromatic heterocycles. The van der Waals surface area contributed by atoms with Crippen LogP contribution < -0.4 is 20.9 Å². The van der Waals surface area contributed by atoms with Crippen LogP contribution in [0, 0.1) is 0 Å². The average molecular weight is 450 g/mol. The first-order valence-corrected chi connectivity index (χ1v) is 10.9. The Morgan fingerprint density at radius 1 is 1.00 bits per heavy atom. The van der Waals surface area contributed by atoms with Crippen molar-refractivity contribution in [3.8, 4) is 0 Å². The first-order valence-electron chi connectivity index (χ1n) is 10.9. The predicted molar refractivity (Wildman–Crippen MR) is 123 cm³/mol. The van der Waals surface area contributed by atoms with Crippen LogP contribution in [0.3, 0.4) is 0 Å². The van der Waals surface area contributed by atoms with Crippen LogP contribution in [-0.2, 0) is 21.7 Å². The topological polar surface area (TPSA) is 111 Å². The number of para-hydroxylation sites is 1. The number of carbonyl (C=O) groups excluding carboxylic acids is 4. The molecule has 2 aliphatic rings. The van der Waals surface area contributed by atoms with Gasteiger partial charge in [0.05, 0.1) is 0 Å². The van der Waals surface area contributed by atoms with Crippen molar-refractivity contribution in [1.82, 2.24) is 20.9 Å². The van der Waals surface area contributed by atoms with E-state index in [0.29, 0.717) is 30.8 Å². The van der Waals surface area contributed by atoms with Crippen LogP contribution in [0.15, 0.2) is 48.5 Å². The molecule has 0 saturated carbocycles. The van der Waals surface area contributed by atoms with Crippen LogP contribution in [0.5, 0.6) is 0 Å². The van der Waals surface area contributed by atoms with Gasteiger partial charge in [-0.25, -0.2) is 4.79 Å². The van der Waals surface area contributed by atoms with Crippen LogP contribution in [0.25, 0.3) is 0 Å². The molecule has 1 unspecified atom stereocenters. The van der Waals surface area contributed by atoms with Crippen LogP contribution >= 0.6 is 0 Å². The van der Waals surface area contributed by atoms with E-state index in [1.807, 2.05) is 29.2 Å². The fourth-order valence-electron chi connectivity index (χ4n) is 4.21. The van der Waals surface area contributed by atoms with E-state index in [9.17, 15) is 19.2 Å². The molecule has 5 amide bonds. The summed E-state index contributed by atoms with van der Waals surface area (Å²) in [5.41, 5.74) is 1.94. The van der Waals surface area contributed by atoms with Crippen molar-refractivity contribution < 1.29 is 19.2 Å². The minimum atomic E-state index is -1.16. The number of piperazine rings is 1. The molecule has 0 bridgehead atoms. The lowest BCUT2D eigenvalue weighted by Crippen LogP contribution is -2.48. The number of benzene rings is 2. The molecule has 9 heteroatoms. The standard InChI is InChI=1S/C24H27N5O4/c1-16(30)28-11-13-29(14-12-28)20-6-4-3-5-18(20)15-25-21(31)17-7-9-19(10-8-17)24(2)22(32)26-23(33)27-24/h3-10H,11-15H2,1-2H3,(H,25,31)(H2,26,27,32,33). The number of urea groups is 1. The molecule has 0 aliphatic carbocycles. The molecule has 1 atom stereocenters. The molecule has 0 spiro atoms. The molecule has 2 heterocycles. The zero-order chi connectivity index (χ0) is 23.6. The zero-order valence-electron chi connectivity index (χ0n) is 18.7. The van der Waals surface area contributed by atoms with Gasteiger partial charge < -0.3 is 20.4 Å². The largest absolute Gasteiger partial charge is 0.368 e. The van der Waals surface area contributed by atoms with Crippen LogP contribution in [0.4, 0.5) is 10.5 Å². The smallest absolute Gasteiger partial charge is 0.322 e. The summed E-state index contributed by atoms with van der Waals surface area (Å²) < 4.78 is 0. The molecule has 3 N–H and O–H groups in total. The quantitative estimate of drug-likeness (QED) is 0.597. The maximum absolute atomic E-state index is 12.7. The lowest BCUT2D eigenvalue weighted by atomic mass is 9.91. The van der Waals surface area contributed by atoms with Crippen molar-refractivity contribution >= 4 is 29.4 Å². The highest BCUT2D eigenvalue weighted by atomic mass is 16.2. The van der Waals surface area contributed by atoms with Crippen molar-refractivity contribution in [3.05, 3.63) is 65.2 Å². The third-order valence-corrected chi connectivity index (χ3v) is 6.27. The first kappa shape index (κ1) is 22.3. The Morgan fingerprint density at radius 2 is 1.67 bits per heavy atom. The number of nitrogens with one attached hydrogen (secondary N) is 3. The van der Waals surface area contributed by atoms with E-state index in [-0.39, 0.29) is 11.8 Å². The van der Waals surface area contributed by atoms with Gasteiger partial charge in [-0.2, -0.15) is 0 Å². The van der Waals surface area contributed by atoms with Crippen molar-refractivity contribution in [2.24, 2.45) is 0 Å². The Kier molecular flexibility index (Phi) is 6.04. The number of hydrogen-bond donors (Lipinski definition) is 3. The van der Waals surface area contributed by atoms with Gasteiger partial charge in [-0.05, 0) is 36.2 Å². The lowest BCUT2D eigenvalue weighted by Gasteiger charge is -2.36. The molecular formula is C24H27N5O4. The van der Waals surface area contributed by atoms with Gasteiger partial charge in [-0.15, -0.1) is 0 Å². The molecule has 4 rings (SSSR count). The number of hydrogen-bond acceptors (Lipinski definition) is 5. The van der Waals surface area contributed by atoms with Gasteiger partial charge in [0.2, 0.25) is 5.91 Å². The fourth-order valence-corrected chi connectivity index (χ4v) is 4.21. The van der Waals surface area contributed by atoms with Crippen molar-refractivity contribution in [2.45, 2.75) is 25.9 Å². The van der Waals surface area contributed by atoms with Crippen LogP contribution in [0.1, 0.15) is 35.3 Å². The van der Waals surface area contributed by atoms with Crippen molar-refractivity contribution in [1.29, 1.82) is 0 Å². The van der Waals surface area contributed by atoms with Crippen LogP contribution in [0.2, 0.25) is 0 Å². The molecule has 33 heavy (non-hydrogen) atoms. The number of nitrogens with zero attached hydrogens (tertiary/aromatic N) is 2. The third kappa shape index (κ3) is 4.52. The summed E-state index contributed by atoms with van der Waals surface area (Å²) in [4.78, 5) is 52.0. The summed E-state index contributed by atoms with van der Waals surface area (Å²) in [6.07, 6.45) is 0. The molecule has 2 aromatic rings. The molecule has 2 fully saturated rings. The Balaban J connectivity index is 1.40. The van der Waals surface area contributed by atoms with E-state index in [2.05, 4.69) is 20.9 Å². The Morgan fingerprint density at radius 3 is 2.27 bits per heavy atom. The molecule has 0 radical (unpaired) electrons. The monoisotopic (exact) mass is 449 g/mol. The Hall–Kier alpha value is -3.88. The van der Waals surface area contributed by atoms with E-state index in [4.69, 9.17) is 0 Å². The summed E-state index contributed by atoms with van der Waals surface area (Å²) in [6.45, 7) is 6.42. The summed E-state index contributed by atoms with van der Waals surface area (Å²) >= 11 is 0. The minimum absolute atomic E-state index is 0.0890. The predicted octanol–water partition coefficient (Wildman–Crippen LogP) is 1.34. The molecule has 172 valence electrons. The maximum atomic E-state index is 12.7. The van der Waals surface area contributed by atoms with Crippen molar-refractivity contribution in [3.63, 3.8) is 0 Å². The highest BCUT2D eigenvalue weighted by Gasteiger charge is 2.43. The van der Waals surface area contributed by atoms with Gasteiger partial charge >= 0.3 is 6.03 Å². The highest BCUT2D eigenvalue weighted by molar-refractivity contribution is 6.07. The van der Waals surface area contributed by atoms with Crippen LogP contribution in [-0.4, -0.2) is 54.8 Å². The molecule has 2 saturated heterocycles. The summed E-state index contributed by atoms with van der Waals surface area (Å²) in [7, 11) is 0. The Bertz CT molecular complexity index is 1090. The fraction of sp³-hybridized carbons (Fsp3) is 0.333. The van der Waals surface area contributed by atoms with E-state index in [1.54, 1.807) is 38.1 Å². The number of rotatable bonds is 5. The number of carbonyl (C=O) groups is 4. The van der Waals surface area contributed by atoms with Gasteiger partial charge in [0.15, 0.2) is 0 Å². The Labute approximate surface area is 192 Å². The second-order valence-corrected chi connectivity index (χ2v) is 8.42. The van der Waals surface area contributed by atoms with Crippen molar-refractivity contribution in [2.75, 3.05) is 31.1 Å². The first-order chi connectivity index (χ1) is 15.8. The molecule has 2 aliphatic heterocycles. The van der Waals surface area contributed by atoms with Gasteiger partial charge in [0, 0.05) is 50.9 Å². The number of amides is 5. The summed E-state index contributed by atoms with van der Waals surface area (Å²) in [5, 5.41) is 7.80. The lowest BCUT2D eigenvalue weighted by molar-refractivity contribution is -0.129. The van der Waals surface area contributed by atoms with Gasteiger partial charge in [0.25, 0.3) is 11.8 Å². The van der Waals surface area contributed by atoms with E-state index in [0.717, 1.165) is 24.3 Å². The summed E-state index contributed by atoms with van der Waals surface area (Å²) in [5.74, 6) is -0.570. The van der Waals surface area contributed by atoms with Gasteiger partial charge in [-0.1, -0.05) is 30.3 Å². The molecule has 9 nitrogen and oxygen atoms in total. The normalized spacial score (nSPS) is 20.3. The van der Waals surface area contributed by atoms with Gasteiger partial charge in [-0.3, -0.25) is 19.7 Å². The zero-order valence-corrected chi connectivity index (χ0v) is 18.7. The molecule has 2 aromatic carbocycles. The second kappa shape index (κ2) is 8.93. The number of anilines is 1. The second-order valence-electron chi connectivity index (χ2n) is 8.42. The van der Waals surface area contributed by atoms with E-state index < -0.39 is 17.5 Å². The maximum Gasteiger partial charge on any atom is 0.322 e. The molecular weight excluding hydrogens is 422 g/mol. The third-order valence-electron chi connectivity index (χ3n) is 6.27. The van der Waals surface area contributed by atoms with Gasteiger partial charge in [0.1, 0.15) is 5.54 Å². The van der Waals surface area contributed by atoms with E-state index >= 15 is 0 Å². The highest BCUT2D eigenvalue weighted by Crippen LogP contribution is 2.25.